The maximum atomic E-state index is 11.9. The first-order valence-electron chi connectivity index (χ1n) is 6.88. The van der Waals surface area contributed by atoms with E-state index in [-0.39, 0.29) is 0 Å². The Bertz CT molecular complexity index is 287. The van der Waals surface area contributed by atoms with E-state index in [2.05, 4.69) is 27.7 Å². The van der Waals surface area contributed by atoms with Crippen LogP contribution in [-0.2, 0) is 9.53 Å². The van der Waals surface area contributed by atoms with Crippen molar-refractivity contribution in [3.63, 3.8) is 0 Å². The van der Waals surface area contributed by atoms with Crippen LogP contribution in [0.1, 0.15) is 59.8 Å². The van der Waals surface area contributed by atoms with Crippen molar-refractivity contribution >= 4 is 5.78 Å². The van der Waals surface area contributed by atoms with Crippen molar-refractivity contribution in [2.24, 2.45) is 11.8 Å². The van der Waals surface area contributed by atoms with Crippen LogP contribution in [0.3, 0.4) is 0 Å². The molecule has 2 nitrogen and oxygen atoms in total. The van der Waals surface area contributed by atoms with Gasteiger partial charge in [-0.3, -0.25) is 4.79 Å². The Hall–Kier alpha value is -0.790. The van der Waals surface area contributed by atoms with E-state index in [1.807, 2.05) is 0 Å². The molecule has 1 aliphatic rings. The summed E-state index contributed by atoms with van der Waals surface area (Å²) < 4.78 is 5.82. The molecule has 0 atom stereocenters. The van der Waals surface area contributed by atoms with Crippen molar-refractivity contribution in [2.45, 2.75) is 59.8 Å². The summed E-state index contributed by atoms with van der Waals surface area (Å²) in [4.78, 5) is 11.9. The van der Waals surface area contributed by atoms with Crippen molar-refractivity contribution in [3.8, 4) is 0 Å². The Balaban J connectivity index is 2.67. The average Bonchev–Trinajstić information content (AvgIpc) is 2.24. The molecule has 0 unspecified atom stereocenters. The molecular formula is C15H26O2. The van der Waals surface area contributed by atoms with Crippen LogP contribution < -0.4 is 0 Å². The van der Waals surface area contributed by atoms with Crippen LogP contribution in [0.5, 0.6) is 0 Å². The highest BCUT2D eigenvalue weighted by Gasteiger charge is 2.21. The largest absolute Gasteiger partial charge is 0.497 e. The number of rotatable bonds is 6. The maximum absolute atomic E-state index is 11.9. The summed E-state index contributed by atoms with van der Waals surface area (Å²) in [5.41, 5.74) is 0.977. The van der Waals surface area contributed by atoms with E-state index in [4.69, 9.17) is 4.74 Å². The summed E-state index contributed by atoms with van der Waals surface area (Å²) in [6, 6.07) is 0. The average molecular weight is 238 g/mol. The topological polar surface area (TPSA) is 26.3 Å². The highest BCUT2D eigenvalue weighted by molar-refractivity contribution is 5.96. The smallest absolute Gasteiger partial charge is 0.162 e. The SMILES string of the molecule is CC(C)CCC1=C(OCC(C)C)CCCC1=O. The molecule has 1 rings (SSSR count). The van der Waals surface area contributed by atoms with Crippen molar-refractivity contribution in [3.05, 3.63) is 11.3 Å². The Morgan fingerprint density at radius 3 is 2.41 bits per heavy atom. The summed E-state index contributed by atoms with van der Waals surface area (Å²) in [7, 11) is 0. The highest BCUT2D eigenvalue weighted by atomic mass is 16.5. The predicted molar refractivity (Wildman–Crippen MR) is 70.7 cm³/mol. The summed E-state index contributed by atoms with van der Waals surface area (Å²) in [6.45, 7) is 9.40. The molecule has 0 heterocycles. The summed E-state index contributed by atoms with van der Waals surface area (Å²) >= 11 is 0. The lowest BCUT2D eigenvalue weighted by atomic mass is 9.91. The molecule has 0 bridgehead atoms. The van der Waals surface area contributed by atoms with E-state index < -0.39 is 0 Å². The molecule has 0 amide bonds. The monoisotopic (exact) mass is 238 g/mol. The second kappa shape index (κ2) is 6.83. The zero-order valence-electron chi connectivity index (χ0n) is 11.7. The number of Topliss-reactive ketones (excluding diaryl/α,β-unsaturated/α-hetero) is 1. The highest BCUT2D eigenvalue weighted by Crippen LogP contribution is 2.27. The van der Waals surface area contributed by atoms with E-state index in [9.17, 15) is 4.79 Å². The summed E-state index contributed by atoms with van der Waals surface area (Å²) in [6.07, 6.45) is 4.59. The van der Waals surface area contributed by atoms with Gasteiger partial charge in [0.2, 0.25) is 0 Å². The van der Waals surface area contributed by atoms with E-state index in [0.717, 1.165) is 43.6 Å². The van der Waals surface area contributed by atoms with E-state index in [1.54, 1.807) is 0 Å². The van der Waals surface area contributed by atoms with Gasteiger partial charge >= 0.3 is 0 Å². The predicted octanol–water partition coefficient (Wildman–Crippen LogP) is 4.10. The number of ketones is 1. The molecule has 0 saturated heterocycles. The molecule has 0 aromatic carbocycles. The van der Waals surface area contributed by atoms with Gasteiger partial charge in [0.1, 0.15) is 5.76 Å². The van der Waals surface area contributed by atoms with Gasteiger partial charge in [-0.15, -0.1) is 0 Å². The van der Waals surface area contributed by atoms with E-state index in [1.165, 1.54) is 0 Å². The first-order chi connectivity index (χ1) is 8.00. The summed E-state index contributed by atoms with van der Waals surface area (Å²) in [5.74, 6) is 2.46. The van der Waals surface area contributed by atoms with Gasteiger partial charge in [0, 0.05) is 18.4 Å². The lowest BCUT2D eigenvalue weighted by molar-refractivity contribution is -0.116. The molecular weight excluding hydrogens is 212 g/mol. The van der Waals surface area contributed by atoms with Crippen LogP contribution in [0.15, 0.2) is 11.3 Å². The number of allylic oxidation sites excluding steroid dienone is 2. The quantitative estimate of drug-likeness (QED) is 0.696. The van der Waals surface area contributed by atoms with Gasteiger partial charge in [0.15, 0.2) is 5.78 Å². The van der Waals surface area contributed by atoms with Crippen molar-refractivity contribution in [2.75, 3.05) is 6.61 Å². The molecule has 0 radical (unpaired) electrons. The van der Waals surface area contributed by atoms with Gasteiger partial charge in [0.25, 0.3) is 0 Å². The summed E-state index contributed by atoms with van der Waals surface area (Å²) in [5, 5.41) is 0. The first-order valence-corrected chi connectivity index (χ1v) is 6.88. The van der Waals surface area contributed by atoms with Crippen LogP contribution in [0, 0.1) is 11.8 Å². The number of carbonyl (C=O) groups is 1. The minimum Gasteiger partial charge on any atom is -0.497 e. The fourth-order valence-corrected chi connectivity index (χ4v) is 2.01. The van der Waals surface area contributed by atoms with Gasteiger partial charge in [-0.2, -0.15) is 0 Å². The minimum absolute atomic E-state index is 0.315. The Morgan fingerprint density at radius 1 is 1.12 bits per heavy atom. The third-order valence-corrected chi connectivity index (χ3v) is 3.04. The fourth-order valence-electron chi connectivity index (χ4n) is 2.01. The van der Waals surface area contributed by atoms with Crippen LogP contribution in [0.4, 0.5) is 0 Å². The van der Waals surface area contributed by atoms with Crippen molar-refractivity contribution in [1.82, 2.24) is 0 Å². The van der Waals surface area contributed by atoms with Gasteiger partial charge in [-0.25, -0.2) is 0 Å². The first kappa shape index (κ1) is 14.3. The number of hydrogen-bond donors (Lipinski definition) is 0. The zero-order chi connectivity index (χ0) is 12.8. The van der Waals surface area contributed by atoms with Gasteiger partial charge < -0.3 is 4.74 Å². The van der Waals surface area contributed by atoms with Crippen molar-refractivity contribution < 1.29 is 9.53 Å². The van der Waals surface area contributed by atoms with Crippen LogP contribution in [0.25, 0.3) is 0 Å². The van der Waals surface area contributed by atoms with Gasteiger partial charge in [-0.1, -0.05) is 27.7 Å². The maximum Gasteiger partial charge on any atom is 0.162 e. The zero-order valence-corrected chi connectivity index (χ0v) is 11.7. The molecule has 2 heteroatoms. The lowest BCUT2D eigenvalue weighted by Crippen LogP contribution is -2.15. The van der Waals surface area contributed by atoms with Gasteiger partial charge in [-0.05, 0) is 31.1 Å². The third-order valence-electron chi connectivity index (χ3n) is 3.04. The van der Waals surface area contributed by atoms with Crippen LogP contribution in [-0.4, -0.2) is 12.4 Å². The molecule has 0 spiro atoms. The number of ether oxygens (including phenoxy) is 1. The fraction of sp³-hybridized carbons (Fsp3) is 0.800. The molecule has 0 aliphatic heterocycles. The van der Waals surface area contributed by atoms with E-state index >= 15 is 0 Å². The third kappa shape index (κ3) is 4.93. The normalized spacial score (nSPS) is 17.2. The molecule has 98 valence electrons. The lowest BCUT2D eigenvalue weighted by Gasteiger charge is -2.21. The second-order valence-electron chi connectivity index (χ2n) is 5.82. The van der Waals surface area contributed by atoms with Gasteiger partial charge in [0.05, 0.1) is 6.61 Å². The van der Waals surface area contributed by atoms with Crippen molar-refractivity contribution in [1.29, 1.82) is 0 Å². The van der Waals surface area contributed by atoms with E-state index in [0.29, 0.717) is 24.0 Å². The Labute approximate surface area is 105 Å². The number of hydrogen-bond acceptors (Lipinski definition) is 2. The second-order valence-corrected chi connectivity index (χ2v) is 5.82. The molecule has 0 saturated carbocycles. The molecule has 0 aromatic rings. The molecule has 17 heavy (non-hydrogen) atoms. The molecule has 0 aromatic heterocycles. The molecule has 1 aliphatic carbocycles. The standard InChI is InChI=1S/C15H26O2/c1-11(2)8-9-13-14(16)6-5-7-15(13)17-10-12(3)4/h11-12H,5-10H2,1-4H3. The Kier molecular flexibility index (Phi) is 5.73. The molecule has 0 N–H and O–H groups in total. The van der Waals surface area contributed by atoms with Crippen LogP contribution in [0.2, 0.25) is 0 Å². The molecule has 0 fully saturated rings. The minimum atomic E-state index is 0.315. The number of carbonyl (C=O) groups excluding carboxylic acids is 1. The Morgan fingerprint density at radius 2 is 1.82 bits per heavy atom. The van der Waals surface area contributed by atoms with Crippen LogP contribution >= 0.6 is 0 Å².